The number of rotatable bonds is 5. The fourth-order valence-corrected chi connectivity index (χ4v) is 2.86. The van der Waals surface area contributed by atoms with Gasteiger partial charge in [-0.2, -0.15) is 0 Å². The van der Waals surface area contributed by atoms with E-state index in [0.717, 1.165) is 24.4 Å². The second kappa shape index (κ2) is 6.55. The summed E-state index contributed by atoms with van der Waals surface area (Å²) in [5.74, 6) is 0. The van der Waals surface area contributed by atoms with Crippen molar-refractivity contribution in [3.05, 3.63) is 34.9 Å². The molecule has 0 bridgehead atoms. The fraction of sp³-hybridized carbons (Fsp3) is 0.600. The van der Waals surface area contributed by atoms with Crippen LogP contribution in [-0.2, 0) is 11.2 Å². The lowest BCUT2D eigenvalue weighted by Crippen LogP contribution is -2.41. The average molecular weight is 268 g/mol. The molecule has 1 aliphatic rings. The van der Waals surface area contributed by atoms with E-state index >= 15 is 0 Å². The van der Waals surface area contributed by atoms with Gasteiger partial charge in [-0.25, -0.2) is 0 Å². The Morgan fingerprint density at radius 2 is 2.28 bits per heavy atom. The summed E-state index contributed by atoms with van der Waals surface area (Å²) in [4.78, 5) is 0. The van der Waals surface area contributed by atoms with Crippen LogP contribution in [0, 0.1) is 0 Å². The normalized spacial score (nSPS) is 25.3. The summed E-state index contributed by atoms with van der Waals surface area (Å²) >= 11 is 6.04. The van der Waals surface area contributed by atoms with Gasteiger partial charge in [0.1, 0.15) is 0 Å². The number of hydrogen-bond donors (Lipinski definition) is 1. The fourth-order valence-electron chi connectivity index (χ4n) is 2.64. The Morgan fingerprint density at radius 3 is 2.89 bits per heavy atom. The van der Waals surface area contributed by atoms with E-state index in [-0.39, 0.29) is 0 Å². The van der Waals surface area contributed by atoms with Crippen LogP contribution in [0.2, 0.25) is 5.02 Å². The molecule has 1 aromatic rings. The Labute approximate surface area is 115 Å². The van der Waals surface area contributed by atoms with Crippen molar-refractivity contribution in [3.8, 4) is 0 Å². The molecule has 18 heavy (non-hydrogen) atoms. The Kier molecular flexibility index (Phi) is 5.04. The molecule has 0 amide bonds. The van der Waals surface area contributed by atoms with Crippen molar-refractivity contribution in [1.29, 1.82) is 0 Å². The summed E-state index contributed by atoms with van der Waals surface area (Å²) in [6, 6.07) is 8.50. The number of halogens is 1. The molecule has 0 spiro atoms. The van der Waals surface area contributed by atoms with Crippen LogP contribution in [0.1, 0.15) is 32.3 Å². The van der Waals surface area contributed by atoms with Crippen molar-refractivity contribution in [2.45, 2.75) is 51.4 Å². The van der Waals surface area contributed by atoms with E-state index in [4.69, 9.17) is 16.3 Å². The molecule has 1 aromatic carbocycles. The monoisotopic (exact) mass is 267 g/mol. The molecule has 0 aromatic heterocycles. The van der Waals surface area contributed by atoms with E-state index in [2.05, 4.69) is 25.2 Å². The zero-order valence-corrected chi connectivity index (χ0v) is 11.9. The van der Waals surface area contributed by atoms with Crippen LogP contribution >= 0.6 is 11.6 Å². The van der Waals surface area contributed by atoms with Crippen molar-refractivity contribution < 1.29 is 4.74 Å². The van der Waals surface area contributed by atoms with Crippen LogP contribution < -0.4 is 5.32 Å². The Bertz CT molecular complexity index is 383. The smallest absolute Gasteiger partial charge is 0.0735 e. The van der Waals surface area contributed by atoms with Crippen molar-refractivity contribution in [1.82, 2.24) is 5.32 Å². The first kappa shape index (κ1) is 13.9. The highest BCUT2D eigenvalue weighted by molar-refractivity contribution is 6.30. The Balaban J connectivity index is 2.01. The third-order valence-electron chi connectivity index (χ3n) is 3.52. The summed E-state index contributed by atoms with van der Waals surface area (Å²) in [6.07, 6.45) is 4.03. The SMILES string of the molecule is CCNC(Cc1cccc(Cl)c1)C1CCC(C)O1. The first-order chi connectivity index (χ1) is 8.69. The lowest BCUT2D eigenvalue weighted by molar-refractivity contribution is 0.0324. The maximum absolute atomic E-state index is 6.04. The van der Waals surface area contributed by atoms with Gasteiger partial charge in [-0.15, -0.1) is 0 Å². The molecule has 100 valence electrons. The van der Waals surface area contributed by atoms with Gasteiger partial charge in [-0.05, 0) is 50.4 Å². The van der Waals surface area contributed by atoms with Gasteiger partial charge in [-0.3, -0.25) is 0 Å². The van der Waals surface area contributed by atoms with Crippen molar-refractivity contribution in [2.24, 2.45) is 0 Å². The van der Waals surface area contributed by atoms with Gasteiger partial charge < -0.3 is 10.1 Å². The maximum atomic E-state index is 6.04. The van der Waals surface area contributed by atoms with Gasteiger partial charge in [0.15, 0.2) is 0 Å². The molecule has 3 atom stereocenters. The van der Waals surface area contributed by atoms with Gasteiger partial charge in [-0.1, -0.05) is 30.7 Å². The molecule has 1 saturated heterocycles. The minimum absolute atomic E-state index is 0.332. The summed E-state index contributed by atoms with van der Waals surface area (Å²) < 4.78 is 5.98. The molecule has 1 aliphatic heterocycles. The molecule has 0 aliphatic carbocycles. The molecule has 3 unspecified atom stereocenters. The summed E-state index contributed by atoms with van der Waals surface area (Å²) in [5.41, 5.74) is 1.27. The van der Waals surface area contributed by atoms with Gasteiger partial charge in [0.2, 0.25) is 0 Å². The minimum Gasteiger partial charge on any atom is -0.374 e. The number of hydrogen-bond acceptors (Lipinski definition) is 2. The van der Waals surface area contributed by atoms with Crippen LogP contribution in [0.15, 0.2) is 24.3 Å². The molecule has 2 rings (SSSR count). The molecule has 2 nitrogen and oxygen atoms in total. The zero-order chi connectivity index (χ0) is 13.0. The topological polar surface area (TPSA) is 21.3 Å². The highest BCUT2D eigenvalue weighted by Crippen LogP contribution is 2.24. The first-order valence-corrected chi connectivity index (χ1v) is 7.20. The molecule has 1 fully saturated rings. The maximum Gasteiger partial charge on any atom is 0.0735 e. The average Bonchev–Trinajstić information content (AvgIpc) is 2.75. The standard InChI is InChI=1S/C15H22ClNO/c1-3-17-14(15-8-7-11(2)18-15)10-12-5-4-6-13(16)9-12/h4-6,9,11,14-15,17H,3,7-8,10H2,1-2H3. The van der Waals surface area contributed by atoms with E-state index in [9.17, 15) is 0 Å². The molecule has 3 heteroatoms. The van der Waals surface area contributed by atoms with Crippen LogP contribution in [0.3, 0.4) is 0 Å². The van der Waals surface area contributed by atoms with Crippen LogP contribution in [0.5, 0.6) is 0 Å². The zero-order valence-electron chi connectivity index (χ0n) is 11.2. The third-order valence-corrected chi connectivity index (χ3v) is 3.76. The number of nitrogens with one attached hydrogen (secondary N) is 1. The molecular formula is C15H22ClNO. The molecular weight excluding hydrogens is 246 g/mol. The predicted octanol–water partition coefficient (Wildman–Crippen LogP) is 3.43. The minimum atomic E-state index is 0.332. The van der Waals surface area contributed by atoms with E-state index in [1.54, 1.807) is 0 Å². The molecule has 0 saturated carbocycles. The second-order valence-electron chi connectivity index (χ2n) is 5.06. The lowest BCUT2D eigenvalue weighted by Gasteiger charge is -2.24. The quantitative estimate of drug-likeness (QED) is 0.883. The molecule has 0 radical (unpaired) electrons. The van der Waals surface area contributed by atoms with Gasteiger partial charge in [0, 0.05) is 11.1 Å². The van der Waals surface area contributed by atoms with Crippen molar-refractivity contribution in [3.63, 3.8) is 0 Å². The van der Waals surface area contributed by atoms with E-state index in [1.807, 2.05) is 18.2 Å². The first-order valence-electron chi connectivity index (χ1n) is 6.82. The molecule has 1 N–H and O–H groups in total. The molecule has 1 heterocycles. The summed E-state index contributed by atoms with van der Waals surface area (Å²) in [7, 11) is 0. The van der Waals surface area contributed by atoms with Crippen LogP contribution in [-0.4, -0.2) is 24.8 Å². The van der Waals surface area contributed by atoms with Crippen molar-refractivity contribution >= 4 is 11.6 Å². The largest absolute Gasteiger partial charge is 0.374 e. The number of ether oxygens (including phenoxy) is 1. The van der Waals surface area contributed by atoms with Crippen molar-refractivity contribution in [2.75, 3.05) is 6.54 Å². The van der Waals surface area contributed by atoms with E-state index in [1.165, 1.54) is 12.0 Å². The predicted molar refractivity (Wildman–Crippen MR) is 76.2 cm³/mol. The third kappa shape index (κ3) is 3.71. The Morgan fingerprint density at radius 1 is 1.44 bits per heavy atom. The van der Waals surface area contributed by atoms with Gasteiger partial charge >= 0.3 is 0 Å². The summed E-state index contributed by atoms with van der Waals surface area (Å²) in [6.45, 7) is 5.27. The van der Waals surface area contributed by atoms with E-state index < -0.39 is 0 Å². The van der Waals surface area contributed by atoms with Crippen LogP contribution in [0.25, 0.3) is 0 Å². The van der Waals surface area contributed by atoms with Crippen LogP contribution in [0.4, 0.5) is 0 Å². The highest BCUT2D eigenvalue weighted by atomic mass is 35.5. The van der Waals surface area contributed by atoms with Gasteiger partial charge in [0.05, 0.1) is 12.2 Å². The Hall–Kier alpha value is -0.570. The second-order valence-corrected chi connectivity index (χ2v) is 5.50. The van der Waals surface area contributed by atoms with Gasteiger partial charge in [0.25, 0.3) is 0 Å². The lowest BCUT2D eigenvalue weighted by atomic mass is 9.99. The number of benzene rings is 1. The van der Waals surface area contributed by atoms with E-state index in [0.29, 0.717) is 18.2 Å². The highest BCUT2D eigenvalue weighted by Gasteiger charge is 2.29. The number of likely N-dealkylation sites (N-methyl/N-ethyl adjacent to an activating group) is 1. The summed E-state index contributed by atoms with van der Waals surface area (Å²) in [5, 5.41) is 4.35.